The highest BCUT2D eigenvalue weighted by molar-refractivity contribution is 9.10. The van der Waals surface area contributed by atoms with Crippen LogP contribution in [0.1, 0.15) is 20.3 Å². The number of rotatable bonds is 5. The van der Waals surface area contributed by atoms with Crippen LogP contribution in [0.4, 0.5) is 10.2 Å². The van der Waals surface area contributed by atoms with Gasteiger partial charge >= 0.3 is 0 Å². The van der Waals surface area contributed by atoms with E-state index in [0.717, 1.165) is 6.42 Å². The lowest BCUT2D eigenvalue weighted by molar-refractivity contribution is 0.507. The van der Waals surface area contributed by atoms with Crippen molar-refractivity contribution in [3.63, 3.8) is 0 Å². The fourth-order valence-electron chi connectivity index (χ4n) is 1.46. The van der Waals surface area contributed by atoms with E-state index in [9.17, 15) is 4.39 Å². The number of hydrogen-bond donors (Lipinski definition) is 2. The molecule has 3 nitrogen and oxygen atoms in total. The second-order valence-electron chi connectivity index (χ2n) is 4.25. The molecule has 1 heterocycles. The first-order valence-corrected chi connectivity index (χ1v) is 6.09. The van der Waals surface area contributed by atoms with Crippen LogP contribution in [0.3, 0.4) is 0 Å². The lowest BCUT2D eigenvalue weighted by Gasteiger charge is -2.15. The van der Waals surface area contributed by atoms with Gasteiger partial charge in [-0.1, -0.05) is 13.8 Å². The van der Waals surface area contributed by atoms with Gasteiger partial charge < -0.3 is 11.1 Å². The highest BCUT2D eigenvalue weighted by Gasteiger charge is 2.08. The Labute approximate surface area is 104 Å². The SMILES string of the molecule is CC(C)CC(N)CNc1ncc(Br)cc1F. The van der Waals surface area contributed by atoms with Crippen molar-refractivity contribution in [2.45, 2.75) is 26.3 Å². The Bertz CT molecular complexity index is 344. The zero-order valence-electron chi connectivity index (χ0n) is 9.50. The van der Waals surface area contributed by atoms with Crippen LogP contribution in [0.5, 0.6) is 0 Å². The quantitative estimate of drug-likeness (QED) is 0.876. The molecule has 0 radical (unpaired) electrons. The molecule has 0 aliphatic heterocycles. The van der Waals surface area contributed by atoms with E-state index in [0.29, 0.717) is 16.9 Å². The van der Waals surface area contributed by atoms with E-state index in [1.54, 1.807) is 6.20 Å². The molecule has 0 spiro atoms. The molecular weight excluding hydrogens is 273 g/mol. The zero-order valence-corrected chi connectivity index (χ0v) is 11.1. The van der Waals surface area contributed by atoms with Gasteiger partial charge in [-0.2, -0.15) is 0 Å². The molecule has 1 aromatic rings. The molecule has 1 unspecified atom stereocenters. The van der Waals surface area contributed by atoms with Gasteiger partial charge in [0.2, 0.25) is 0 Å². The Morgan fingerprint density at radius 1 is 1.56 bits per heavy atom. The van der Waals surface area contributed by atoms with Crippen LogP contribution < -0.4 is 11.1 Å². The number of nitrogens with two attached hydrogens (primary N) is 1. The van der Waals surface area contributed by atoms with E-state index in [1.165, 1.54) is 6.07 Å². The second-order valence-corrected chi connectivity index (χ2v) is 5.17. The maximum absolute atomic E-state index is 13.4. The molecule has 0 aliphatic carbocycles. The molecule has 0 saturated carbocycles. The molecule has 5 heteroatoms. The Kier molecular flexibility index (Phi) is 5.15. The van der Waals surface area contributed by atoms with E-state index in [-0.39, 0.29) is 17.7 Å². The van der Waals surface area contributed by atoms with Crippen molar-refractivity contribution in [2.75, 3.05) is 11.9 Å². The van der Waals surface area contributed by atoms with Crippen LogP contribution in [0.2, 0.25) is 0 Å². The third-order valence-electron chi connectivity index (χ3n) is 2.11. The van der Waals surface area contributed by atoms with Gasteiger partial charge in [0.1, 0.15) is 0 Å². The van der Waals surface area contributed by atoms with Crippen molar-refractivity contribution in [3.8, 4) is 0 Å². The van der Waals surface area contributed by atoms with E-state index >= 15 is 0 Å². The van der Waals surface area contributed by atoms with Crippen molar-refractivity contribution in [2.24, 2.45) is 11.7 Å². The first-order valence-electron chi connectivity index (χ1n) is 5.29. The van der Waals surface area contributed by atoms with Crippen LogP contribution in [-0.2, 0) is 0 Å². The van der Waals surface area contributed by atoms with Crippen molar-refractivity contribution in [3.05, 3.63) is 22.6 Å². The van der Waals surface area contributed by atoms with Gasteiger partial charge in [0, 0.05) is 23.3 Å². The summed E-state index contributed by atoms with van der Waals surface area (Å²) in [6, 6.07) is 1.40. The summed E-state index contributed by atoms with van der Waals surface area (Å²) in [6.07, 6.45) is 2.46. The lowest BCUT2D eigenvalue weighted by Crippen LogP contribution is -2.30. The molecule has 16 heavy (non-hydrogen) atoms. The van der Waals surface area contributed by atoms with Gasteiger partial charge in [-0.05, 0) is 34.3 Å². The van der Waals surface area contributed by atoms with E-state index in [2.05, 4.69) is 40.1 Å². The minimum absolute atomic E-state index is 0.0184. The van der Waals surface area contributed by atoms with Crippen molar-refractivity contribution in [1.82, 2.24) is 4.98 Å². The molecular formula is C11H17BrFN3. The molecule has 0 aromatic carbocycles. The van der Waals surface area contributed by atoms with Crippen molar-refractivity contribution in [1.29, 1.82) is 0 Å². The molecule has 1 atom stereocenters. The zero-order chi connectivity index (χ0) is 12.1. The molecule has 90 valence electrons. The average Bonchev–Trinajstić information content (AvgIpc) is 2.15. The summed E-state index contributed by atoms with van der Waals surface area (Å²) in [5.41, 5.74) is 5.88. The minimum Gasteiger partial charge on any atom is -0.366 e. The van der Waals surface area contributed by atoms with Crippen LogP contribution in [0.25, 0.3) is 0 Å². The Balaban J connectivity index is 2.48. The van der Waals surface area contributed by atoms with Crippen molar-refractivity contribution >= 4 is 21.7 Å². The third kappa shape index (κ3) is 4.45. The Hall–Kier alpha value is -0.680. The summed E-state index contributed by atoms with van der Waals surface area (Å²) >= 11 is 3.15. The first-order chi connectivity index (χ1) is 7.49. The maximum Gasteiger partial charge on any atom is 0.166 e. The summed E-state index contributed by atoms with van der Waals surface area (Å²) in [6.45, 7) is 4.75. The standard InChI is InChI=1S/C11H17BrFN3/c1-7(2)3-9(14)6-16-11-10(13)4-8(12)5-15-11/h4-5,7,9H,3,6,14H2,1-2H3,(H,15,16). The Morgan fingerprint density at radius 2 is 2.25 bits per heavy atom. The molecule has 0 bridgehead atoms. The predicted octanol–water partition coefficient (Wildman–Crippen LogP) is 2.77. The monoisotopic (exact) mass is 289 g/mol. The van der Waals surface area contributed by atoms with Gasteiger partial charge in [-0.15, -0.1) is 0 Å². The number of nitrogens with zero attached hydrogens (tertiary/aromatic N) is 1. The van der Waals surface area contributed by atoms with E-state index in [1.807, 2.05) is 0 Å². The van der Waals surface area contributed by atoms with Crippen molar-refractivity contribution < 1.29 is 4.39 Å². The van der Waals surface area contributed by atoms with Gasteiger partial charge in [0.15, 0.2) is 11.6 Å². The smallest absolute Gasteiger partial charge is 0.166 e. The van der Waals surface area contributed by atoms with Crippen LogP contribution in [0.15, 0.2) is 16.7 Å². The summed E-state index contributed by atoms with van der Waals surface area (Å²) in [5, 5.41) is 2.91. The van der Waals surface area contributed by atoms with Gasteiger partial charge in [0.25, 0.3) is 0 Å². The molecule has 0 fully saturated rings. The number of hydrogen-bond acceptors (Lipinski definition) is 3. The summed E-state index contributed by atoms with van der Waals surface area (Å²) in [4.78, 5) is 3.94. The average molecular weight is 290 g/mol. The fourth-order valence-corrected chi connectivity index (χ4v) is 1.76. The lowest BCUT2D eigenvalue weighted by atomic mass is 10.0. The molecule has 0 amide bonds. The number of anilines is 1. The van der Waals surface area contributed by atoms with Gasteiger partial charge in [-0.3, -0.25) is 0 Å². The normalized spacial score (nSPS) is 12.9. The van der Waals surface area contributed by atoms with E-state index in [4.69, 9.17) is 5.73 Å². The van der Waals surface area contributed by atoms with E-state index < -0.39 is 0 Å². The molecule has 1 aromatic heterocycles. The fraction of sp³-hybridized carbons (Fsp3) is 0.545. The summed E-state index contributed by atoms with van der Waals surface area (Å²) in [7, 11) is 0. The topological polar surface area (TPSA) is 50.9 Å². The minimum atomic E-state index is -0.369. The second kappa shape index (κ2) is 6.15. The summed E-state index contributed by atoms with van der Waals surface area (Å²) in [5.74, 6) is 0.424. The number of nitrogens with one attached hydrogen (secondary N) is 1. The highest BCUT2D eigenvalue weighted by atomic mass is 79.9. The number of pyridine rings is 1. The van der Waals surface area contributed by atoms with Crippen LogP contribution >= 0.6 is 15.9 Å². The first kappa shape index (κ1) is 13.4. The predicted molar refractivity (Wildman–Crippen MR) is 67.8 cm³/mol. The molecule has 0 aliphatic rings. The maximum atomic E-state index is 13.4. The molecule has 3 N–H and O–H groups in total. The third-order valence-corrected chi connectivity index (χ3v) is 2.55. The summed E-state index contributed by atoms with van der Waals surface area (Å²) < 4.78 is 14.0. The highest BCUT2D eigenvalue weighted by Crippen LogP contribution is 2.16. The Morgan fingerprint density at radius 3 is 2.81 bits per heavy atom. The molecule has 0 saturated heterocycles. The van der Waals surface area contributed by atoms with Gasteiger partial charge in [-0.25, -0.2) is 9.37 Å². The molecule has 1 rings (SSSR count). The van der Waals surface area contributed by atoms with Gasteiger partial charge in [0.05, 0.1) is 0 Å². The van der Waals surface area contributed by atoms with Crippen LogP contribution in [0, 0.1) is 11.7 Å². The largest absolute Gasteiger partial charge is 0.366 e. The van der Waals surface area contributed by atoms with Crippen LogP contribution in [-0.4, -0.2) is 17.6 Å². The number of halogens is 2. The number of aromatic nitrogens is 1.